The van der Waals surface area contributed by atoms with E-state index >= 15 is 0 Å². The normalized spacial score (nSPS) is 8.54. The summed E-state index contributed by atoms with van der Waals surface area (Å²) in [7, 11) is 0. The molecule has 0 heterocycles. The summed E-state index contributed by atoms with van der Waals surface area (Å²) in [5.74, 6) is -0.713. The van der Waals surface area contributed by atoms with Crippen molar-refractivity contribution in [3.63, 3.8) is 0 Å². The minimum absolute atomic E-state index is 0.167. The maximum Gasteiger partial charge on any atom is 0.221 e. The fourth-order valence-corrected chi connectivity index (χ4v) is 0.803. The van der Waals surface area contributed by atoms with E-state index in [2.05, 4.69) is 0 Å². The Kier molecular flexibility index (Phi) is 5.52. The third-order valence-corrected chi connectivity index (χ3v) is 1.29. The first-order chi connectivity index (χ1) is 6.18. The van der Waals surface area contributed by atoms with Crippen LogP contribution in [0.25, 0.3) is 0 Å². The molecule has 0 radical (unpaired) electrons. The lowest BCUT2D eigenvalue weighted by Crippen LogP contribution is -2.13. The van der Waals surface area contributed by atoms with Crippen LogP contribution in [-0.4, -0.2) is 5.91 Å². The van der Waals surface area contributed by atoms with Crippen LogP contribution < -0.4 is 5.73 Å². The summed E-state index contributed by atoms with van der Waals surface area (Å²) in [6.45, 7) is 4.00. The number of carbonyl (C=O) groups is 1. The van der Waals surface area contributed by atoms with Crippen molar-refractivity contribution in [2.45, 2.75) is 20.3 Å². The van der Waals surface area contributed by atoms with Gasteiger partial charge in [0, 0.05) is 0 Å². The topological polar surface area (TPSA) is 43.1 Å². The highest BCUT2D eigenvalue weighted by atomic mass is 19.1. The van der Waals surface area contributed by atoms with E-state index in [0.29, 0.717) is 0 Å². The number of halogens is 1. The minimum atomic E-state index is -0.406. The van der Waals surface area contributed by atoms with E-state index in [1.54, 1.807) is 12.1 Å². The molecule has 2 N–H and O–H groups in total. The Hall–Kier alpha value is -1.38. The van der Waals surface area contributed by atoms with Crippen molar-refractivity contribution in [2.24, 2.45) is 5.73 Å². The molecule has 0 fully saturated rings. The van der Waals surface area contributed by atoms with E-state index in [0.717, 1.165) is 5.56 Å². The van der Waals surface area contributed by atoms with Gasteiger partial charge in [-0.25, -0.2) is 4.39 Å². The maximum absolute atomic E-state index is 12.3. The van der Waals surface area contributed by atoms with E-state index in [9.17, 15) is 9.18 Å². The van der Waals surface area contributed by atoms with Gasteiger partial charge in [-0.3, -0.25) is 4.79 Å². The van der Waals surface area contributed by atoms with E-state index < -0.39 is 5.91 Å². The molecule has 1 aromatic rings. The molecule has 0 aromatic heterocycles. The van der Waals surface area contributed by atoms with Gasteiger partial charge < -0.3 is 5.73 Å². The average Bonchev–Trinajstić information content (AvgIpc) is 2.12. The van der Waals surface area contributed by atoms with Crippen LogP contribution in [0.5, 0.6) is 0 Å². The van der Waals surface area contributed by atoms with Gasteiger partial charge in [-0.05, 0) is 17.7 Å². The maximum atomic E-state index is 12.3. The molecule has 1 aromatic carbocycles. The Bertz CT molecular complexity index is 256. The zero-order valence-electron chi connectivity index (χ0n) is 7.88. The molecule has 0 aliphatic carbocycles. The molecule has 72 valence electrons. The highest BCUT2D eigenvalue weighted by molar-refractivity contribution is 5.76. The molecule has 1 rings (SSSR count). The Morgan fingerprint density at radius 1 is 1.31 bits per heavy atom. The first kappa shape index (κ1) is 11.6. The first-order valence-corrected chi connectivity index (χ1v) is 4.21. The van der Waals surface area contributed by atoms with Crippen molar-refractivity contribution in [1.29, 1.82) is 0 Å². The molecule has 0 atom stereocenters. The van der Waals surface area contributed by atoms with Gasteiger partial charge in [-0.2, -0.15) is 0 Å². The van der Waals surface area contributed by atoms with Crippen LogP contribution in [-0.2, 0) is 11.2 Å². The molecule has 13 heavy (non-hydrogen) atoms. The second-order valence-electron chi connectivity index (χ2n) is 2.27. The number of hydrogen-bond acceptors (Lipinski definition) is 1. The molecule has 2 nitrogen and oxygen atoms in total. The zero-order chi connectivity index (χ0) is 10.3. The molecular weight excluding hydrogens is 169 g/mol. The summed E-state index contributed by atoms with van der Waals surface area (Å²) >= 11 is 0. The standard InChI is InChI=1S/C8H8FNO.C2H6/c9-7-3-1-6(2-4-7)5-8(10)11;1-2/h1-4H,5H2,(H2,10,11);1-2H3. The second-order valence-corrected chi connectivity index (χ2v) is 2.27. The van der Waals surface area contributed by atoms with Crippen molar-refractivity contribution in [3.05, 3.63) is 35.6 Å². The highest BCUT2D eigenvalue weighted by Crippen LogP contribution is 2.02. The molecule has 3 heteroatoms. The van der Waals surface area contributed by atoms with Crippen LogP contribution in [0.15, 0.2) is 24.3 Å². The number of carbonyl (C=O) groups excluding carboxylic acids is 1. The number of benzene rings is 1. The van der Waals surface area contributed by atoms with Gasteiger partial charge in [0.2, 0.25) is 5.91 Å². The van der Waals surface area contributed by atoms with Crippen molar-refractivity contribution < 1.29 is 9.18 Å². The lowest BCUT2D eigenvalue weighted by atomic mass is 10.1. The number of hydrogen-bond donors (Lipinski definition) is 1. The van der Waals surface area contributed by atoms with Crippen LogP contribution in [0.3, 0.4) is 0 Å². The van der Waals surface area contributed by atoms with Crippen molar-refractivity contribution in [2.75, 3.05) is 0 Å². The van der Waals surface area contributed by atoms with Gasteiger partial charge >= 0.3 is 0 Å². The van der Waals surface area contributed by atoms with Gasteiger partial charge in [0.15, 0.2) is 0 Å². The molecule has 0 bridgehead atoms. The highest BCUT2D eigenvalue weighted by Gasteiger charge is 1.97. The fraction of sp³-hybridized carbons (Fsp3) is 0.300. The van der Waals surface area contributed by atoms with Crippen LogP contribution in [0.1, 0.15) is 19.4 Å². The fourth-order valence-electron chi connectivity index (χ4n) is 0.803. The van der Waals surface area contributed by atoms with Gasteiger partial charge in [-0.15, -0.1) is 0 Å². The molecule has 0 aliphatic heterocycles. The summed E-state index contributed by atoms with van der Waals surface area (Å²) in [4.78, 5) is 10.4. The molecule has 0 aliphatic rings. The van der Waals surface area contributed by atoms with Gasteiger partial charge in [-0.1, -0.05) is 26.0 Å². The van der Waals surface area contributed by atoms with E-state index in [4.69, 9.17) is 5.73 Å². The number of rotatable bonds is 2. The van der Waals surface area contributed by atoms with Crippen molar-refractivity contribution >= 4 is 5.91 Å². The lowest BCUT2D eigenvalue weighted by Gasteiger charge is -1.95. The van der Waals surface area contributed by atoms with Crippen molar-refractivity contribution in [3.8, 4) is 0 Å². The third kappa shape index (κ3) is 4.95. The zero-order valence-corrected chi connectivity index (χ0v) is 7.88. The van der Waals surface area contributed by atoms with Gasteiger partial charge in [0.1, 0.15) is 5.82 Å². The number of amides is 1. The SMILES string of the molecule is CC.NC(=O)Cc1ccc(F)cc1. The number of primary amides is 1. The first-order valence-electron chi connectivity index (χ1n) is 4.21. The van der Waals surface area contributed by atoms with Crippen LogP contribution in [0.4, 0.5) is 4.39 Å². The van der Waals surface area contributed by atoms with E-state index in [-0.39, 0.29) is 12.2 Å². The third-order valence-electron chi connectivity index (χ3n) is 1.29. The quantitative estimate of drug-likeness (QED) is 0.747. The molecule has 0 unspecified atom stereocenters. The lowest BCUT2D eigenvalue weighted by molar-refractivity contribution is -0.117. The van der Waals surface area contributed by atoms with Crippen LogP contribution in [0, 0.1) is 5.82 Å². The Balaban J connectivity index is 0.000000671. The molecule has 0 saturated carbocycles. The smallest absolute Gasteiger partial charge is 0.221 e. The summed E-state index contributed by atoms with van der Waals surface area (Å²) in [5, 5.41) is 0. The largest absolute Gasteiger partial charge is 0.369 e. The Morgan fingerprint density at radius 3 is 2.15 bits per heavy atom. The molecule has 0 saturated heterocycles. The summed E-state index contributed by atoms with van der Waals surface area (Å²) in [6, 6.07) is 5.69. The summed E-state index contributed by atoms with van der Waals surface area (Å²) < 4.78 is 12.3. The second kappa shape index (κ2) is 6.17. The predicted octanol–water partition coefficient (Wildman–Crippen LogP) is 1.88. The molecule has 1 amide bonds. The minimum Gasteiger partial charge on any atom is -0.369 e. The Morgan fingerprint density at radius 2 is 1.77 bits per heavy atom. The average molecular weight is 183 g/mol. The van der Waals surface area contributed by atoms with Crippen molar-refractivity contribution in [1.82, 2.24) is 0 Å². The van der Waals surface area contributed by atoms with Crippen LogP contribution in [0.2, 0.25) is 0 Å². The molecule has 0 spiro atoms. The van der Waals surface area contributed by atoms with E-state index in [1.165, 1.54) is 12.1 Å². The monoisotopic (exact) mass is 183 g/mol. The molecular formula is C10H14FNO. The Labute approximate surface area is 77.6 Å². The van der Waals surface area contributed by atoms with E-state index in [1.807, 2.05) is 13.8 Å². The summed E-state index contributed by atoms with van der Waals surface area (Å²) in [5.41, 5.74) is 5.66. The summed E-state index contributed by atoms with van der Waals surface area (Å²) in [6.07, 6.45) is 0.167. The van der Waals surface area contributed by atoms with Gasteiger partial charge in [0.05, 0.1) is 6.42 Å². The predicted molar refractivity (Wildman–Crippen MR) is 50.6 cm³/mol. The van der Waals surface area contributed by atoms with Crippen LogP contribution >= 0.6 is 0 Å². The van der Waals surface area contributed by atoms with Gasteiger partial charge in [0.25, 0.3) is 0 Å². The number of nitrogens with two attached hydrogens (primary N) is 1.